The van der Waals surface area contributed by atoms with E-state index in [2.05, 4.69) is 0 Å². The van der Waals surface area contributed by atoms with Crippen molar-refractivity contribution in [3.05, 3.63) is 22.8 Å². The maximum Gasteiger partial charge on any atom is 0.243 e. The highest BCUT2D eigenvalue weighted by Crippen LogP contribution is 2.29. The Morgan fingerprint density at radius 3 is 2.10 bits per heavy atom. The fourth-order valence-electron chi connectivity index (χ4n) is 2.00. The molecule has 0 fully saturated rings. The molecule has 0 radical (unpaired) electrons. The van der Waals surface area contributed by atoms with Crippen molar-refractivity contribution in [2.45, 2.75) is 25.7 Å². The van der Waals surface area contributed by atoms with E-state index in [1.807, 2.05) is 0 Å². The molecular weight excluding hydrogens is 312 g/mol. The predicted octanol–water partition coefficient (Wildman–Crippen LogP) is 0.859. The van der Waals surface area contributed by atoms with E-state index >= 15 is 0 Å². The second-order valence-corrected chi connectivity index (χ2v) is 9.56. The Labute approximate surface area is 126 Å². The van der Waals surface area contributed by atoms with Crippen LogP contribution in [0.5, 0.6) is 0 Å². The quantitative estimate of drug-likeness (QED) is 0.805. The normalized spacial score (nSPS) is 12.9. The van der Waals surface area contributed by atoms with Crippen molar-refractivity contribution in [3.63, 3.8) is 0 Å². The summed E-state index contributed by atoms with van der Waals surface area (Å²) >= 11 is 0. The van der Waals surface area contributed by atoms with Crippen LogP contribution in [0.25, 0.3) is 0 Å². The molecule has 0 unspecified atom stereocenters. The van der Waals surface area contributed by atoms with Gasteiger partial charge >= 0.3 is 0 Å². The van der Waals surface area contributed by atoms with Gasteiger partial charge in [-0.05, 0) is 43.5 Å². The molecule has 0 aliphatic carbocycles. The maximum atomic E-state index is 12.7. The van der Waals surface area contributed by atoms with Gasteiger partial charge in [0.25, 0.3) is 0 Å². The fourth-order valence-corrected chi connectivity index (χ4v) is 4.42. The van der Waals surface area contributed by atoms with E-state index in [4.69, 9.17) is 5.73 Å². The Bertz CT molecular complexity index is 727. The largest absolute Gasteiger partial charge is 0.398 e. The summed E-state index contributed by atoms with van der Waals surface area (Å²) in [5.41, 5.74) is 8.17. The van der Waals surface area contributed by atoms with Gasteiger partial charge in [-0.2, -0.15) is 4.31 Å². The van der Waals surface area contributed by atoms with Crippen LogP contribution in [0, 0.1) is 20.8 Å². The van der Waals surface area contributed by atoms with Gasteiger partial charge in [-0.25, -0.2) is 16.8 Å². The van der Waals surface area contributed by atoms with Crippen LogP contribution in [0.3, 0.4) is 0 Å². The Kier molecular flexibility index (Phi) is 5.07. The average Bonchev–Trinajstić information content (AvgIpc) is 2.32. The number of rotatable bonds is 5. The summed E-state index contributed by atoms with van der Waals surface area (Å²) in [5, 5.41) is 0. The van der Waals surface area contributed by atoms with Gasteiger partial charge in [0, 0.05) is 25.5 Å². The highest BCUT2D eigenvalue weighted by Gasteiger charge is 2.27. The van der Waals surface area contributed by atoms with Gasteiger partial charge < -0.3 is 5.73 Å². The lowest BCUT2D eigenvalue weighted by molar-refractivity contribution is 0.484. The first-order chi connectivity index (χ1) is 9.38. The summed E-state index contributed by atoms with van der Waals surface area (Å²) in [6.07, 6.45) is 1.08. The molecule has 1 aromatic carbocycles. The van der Waals surface area contributed by atoms with Crippen LogP contribution >= 0.6 is 0 Å². The van der Waals surface area contributed by atoms with Gasteiger partial charge in [0.1, 0.15) is 9.84 Å². The molecule has 0 bridgehead atoms. The number of benzene rings is 1. The van der Waals surface area contributed by atoms with E-state index < -0.39 is 19.9 Å². The topological polar surface area (TPSA) is 97.5 Å². The lowest BCUT2D eigenvalue weighted by Crippen LogP contribution is -2.32. The zero-order valence-corrected chi connectivity index (χ0v) is 14.6. The van der Waals surface area contributed by atoms with Gasteiger partial charge in [-0.15, -0.1) is 0 Å². The van der Waals surface area contributed by atoms with Crippen molar-refractivity contribution in [2.75, 3.05) is 31.3 Å². The van der Waals surface area contributed by atoms with Gasteiger partial charge in [0.2, 0.25) is 10.0 Å². The van der Waals surface area contributed by atoms with Crippen LogP contribution in [-0.2, 0) is 19.9 Å². The van der Waals surface area contributed by atoms with Gasteiger partial charge in [0.05, 0.1) is 10.6 Å². The number of nitrogen functional groups attached to an aromatic ring is 1. The van der Waals surface area contributed by atoms with E-state index in [0.717, 1.165) is 16.1 Å². The minimum atomic E-state index is -3.78. The molecule has 21 heavy (non-hydrogen) atoms. The molecule has 0 atom stereocenters. The van der Waals surface area contributed by atoms with E-state index in [-0.39, 0.29) is 17.2 Å². The first kappa shape index (κ1) is 17.9. The van der Waals surface area contributed by atoms with Crippen molar-refractivity contribution >= 4 is 25.5 Å². The summed E-state index contributed by atoms with van der Waals surface area (Å²) in [7, 11) is -5.63. The molecule has 1 aromatic rings. The van der Waals surface area contributed by atoms with Crippen LogP contribution < -0.4 is 5.73 Å². The molecule has 0 spiro atoms. The van der Waals surface area contributed by atoms with Gasteiger partial charge in [0.15, 0.2) is 0 Å². The third-order valence-corrected chi connectivity index (χ3v) is 6.58. The lowest BCUT2D eigenvalue weighted by atomic mass is 10.1. The van der Waals surface area contributed by atoms with E-state index in [1.165, 1.54) is 7.05 Å². The molecule has 0 amide bonds. The van der Waals surface area contributed by atoms with E-state index in [0.29, 0.717) is 16.8 Å². The first-order valence-electron chi connectivity index (χ1n) is 6.38. The molecule has 0 aromatic heterocycles. The number of sulfonamides is 1. The molecule has 2 N–H and O–H groups in total. The fraction of sp³-hybridized carbons (Fsp3) is 0.538. The predicted molar refractivity (Wildman–Crippen MR) is 84.6 cm³/mol. The average molecular weight is 334 g/mol. The summed E-state index contributed by atoms with van der Waals surface area (Å²) in [4.78, 5) is 0.163. The molecule has 8 heteroatoms. The lowest BCUT2D eigenvalue weighted by Gasteiger charge is -2.21. The summed E-state index contributed by atoms with van der Waals surface area (Å²) in [6, 6.07) is 1.74. The van der Waals surface area contributed by atoms with Crippen LogP contribution in [0.1, 0.15) is 16.7 Å². The zero-order valence-electron chi connectivity index (χ0n) is 13.0. The van der Waals surface area contributed by atoms with Crippen molar-refractivity contribution in [3.8, 4) is 0 Å². The number of aryl methyl sites for hydroxylation is 1. The number of anilines is 1. The van der Waals surface area contributed by atoms with Crippen molar-refractivity contribution in [1.29, 1.82) is 0 Å². The molecule has 0 heterocycles. The zero-order chi connectivity index (χ0) is 16.6. The summed E-state index contributed by atoms with van der Waals surface area (Å²) in [6.45, 7) is 5.08. The number of nitrogens with zero attached hydrogens (tertiary/aromatic N) is 1. The van der Waals surface area contributed by atoms with Gasteiger partial charge in [-0.3, -0.25) is 0 Å². The Balaban J connectivity index is 3.32. The summed E-state index contributed by atoms with van der Waals surface area (Å²) in [5.74, 6) is -0.220. The standard InChI is InChI=1S/C13H22N2O4S2/c1-9-8-12(14)11(3)13(10(9)2)21(18,19)15(4)6-7-20(5,16)17/h8H,6-7,14H2,1-5H3. The van der Waals surface area contributed by atoms with Crippen LogP contribution in [-0.4, -0.2) is 46.7 Å². The smallest absolute Gasteiger partial charge is 0.243 e. The number of hydrogen-bond donors (Lipinski definition) is 1. The minimum Gasteiger partial charge on any atom is -0.398 e. The van der Waals surface area contributed by atoms with Crippen molar-refractivity contribution in [1.82, 2.24) is 4.31 Å². The molecule has 0 saturated carbocycles. The highest BCUT2D eigenvalue weighted by molar-refractivity contribution is 7.91. The Morgan fingerprint density at radius 2 is 1.62 bits per heavy atom. The third-order valence-electron chi connectivity index (χ3n) is 3.52. The van der Waals surface area contributed by atoms with Crippen LogP contribution in [0.15, 0.2) is 11.0 Å². The molecule has 0 aliphatic heterocycles. The van der Waals surface area contributed by atoms with Crippen LogP contribution in [0.2, 0.25) is 0 Å². The third kappa shape index (κ3) is 3.96. The van der Waals surface area contributed by atoms with Crippen molar-refractivity contribution < 1.29 is 16.8 Å². The van der Waals surface area contributed by atoms with Crippen molar-refractivity contribution in [2.24, 2.45) is 0 Å². The van der Waals surface area contributed by atoms with Crippen LogP contribution in [0.4, 0.5) is 5.69 Å². The summed E-state index contributed by atoms with van der Waals surface area (Å²) < 4.78 is 48.8. The number of sulfone groups is 1. The second kappa shape index (κ2) is 5.94. The molecule has 0 aliphatic rings. The van der Waals surface area contributed by atoms with E-state index in [9.17, 15) is 16.8 Å². The molecule has 1 rings (SSSR count). The number of hydrogen-bond acceptors (Lipinski definition) is 5. The highest BCUT2D eigenvalue weighted by atomic mass is 32.2. The monoisotopic (exact) mass is 334 g/mol. The molecule has 6 nitrogen and oxygen atoms in total. The molecular formula is C13H22N2O4S2. The molecule has 0 saturated heterocycles. The minimum absolute atomic E-state index is 0.0894. The molecule has 120 valence electrons. The Morgan fingerprint density at radius 1 is 1.10 bits per heavy atom. The first-order valence-corrected chi connectivity index (χ1v) is 9.88. The number of nitrogens with two attached hydrogens (primary N) is 1. The van der Waals surface area contributed by atoms with Gasteiger partial charge in [-0.1, -0.05) is 0 Å². The SMILES string of the molecule is Cc1cc(N)c(C)c(S(=O)(=O)N(C)CCS(C)(=O)=O)c1C. The Hall–Kier alpha value is -1.12. The second-order valence-electron chi connectivity index (χ2n) is 5.32. The maximum absolute atomic E-state index is 12.7. The van der Waals surface area contributed by atoms with E-state index in [1.54, 1.807) is 26.8 Å².